The number of anilines is 2. The van der Waals surface area contributed by atoms with E-state index in [9.17, 15) is 0 Å². The Morgan fingerprint density at radius 1 is 1.15 bits per heavy atom. The van der Waals surface area contributed by atoms with Crippen LogP contribution in [-0.4, -0.2) is 0 Å². The van der Waals surface area contributed by atoms with E-state index in [1.165, 1.54) is 5.57 Å². The predicted molar refractivity (Wildman–Crippen MR) is 57.0 cm³/mol. The van der Waals surface area contributed by atoms with Crippen molar-refractivity contribution in [2.75, 3.05) is 11.5 Å². The van der Waals surface area contributed by atoms with Gasteiger partial charge in [-0.15, -0.1) is 0 Å². The van der Waals surface area contributed by atoms with E-state index in [1.807, 2.05) is 18.2 Å². The van der Waals surface area contributed by atoms with E-state index in [-0.39, 0.29) is 0 Å². The molecular formula is C11H12N2. The molecule has 0 heterocycles. The van der Waals surface area contributed by atoms with Crippen molar-refractivity contribution in [1.29, 1.82) is 0 Å². The Bertz CT molecular complexity index is 389. The van der Waals surface area contributed by atoms with E-state index in [4.69, 9.17) is 11.5 Å². The molecule has 13 heavy (non-hydrogen) atoms. The fraction of sp³-hybridized carbons (Fsp3) is 0.0909. The standard InChI is InChI=1S/C11H12N2/c12-10-7-3-6-9(11(10)13)8-4-1-2-5-8/h1,3-7H,2,12-13H2. The van der Waals surface area contributed by atoms with Crippen molar-refractivity contribution in [2.45, 2.75) is 6.42 Å². The van der Waals surface area contributed by atoms with Crippen molar-refractivity contribution in [3.05, 3.63) is 42.0 Å². The zero-order valence-electron chi connectivity index (χ0n) is 7.33. The number of nitrogens with two attached hydrogens (primary N) is 2. The highest BCUT2D eigenvalue weighted by atomic mass is 14.7. The van der Waals surface area contributed by atoms with Crippen molar-refractivity contribution in [1.82, 2.24) is 0 Å². The number of rotatable bonds is 1. The van der Waals surface area contributed by atoms with Crippen LogP contribution in [0.1, 0.15) is 12.0 Å². The van der Waals surface area contributed by atoms with Crippen LogP contribution < -0.4 is 11.5 Å². The largest absolute Gasteiger partial charge is 0.397 e. The Balaban J connectivity index is 2.51. The first kappa shape index (κ1) is 7.92. The first-order valence-electron chi connectivity index (χ1n) is 4.30. The Morgan fingerprint density at radius 2 is 2.00 bits per heavy atom. The average Bonchev–Trinajstić information content (AvgIpc) is 2.62. The van der Waals surface area contributed by atoms with Crippen LogP contribution in [0.4, 0.5) is 11.4 Å². The molecule has 0 amide bonds. The summed E-state index contributed by atoms with van der Waals surface area (Å²) in [5.74, 6) is 0. The first-order valence-corrected chi connectivity index (χ1v) is 4.30. The lowest BCUT2D eigenvalue weighted by Gasteiger charge is -2.07. The third-order valence-corrected chi connectivity index (χ3v) is 2.22. The van der Waals surface area contributed by atoms with E-state index < -0.39 is 0 Å². The Hall–Kier alpha value is -1.70. The van der Waals surface area contributed by atoms with Crippen LogP contribution in [0, 0.1) is 0 Å². The molecule has 0 bridgehead atoms. The van der Waals surface area contributed by atoms with Gasteiger partial charge in [0.15, 0.2) is 0 Å². The molecule has 0 spiro atoms. The van der Waals surface area contributed by atoms with Crippen molar-refractivity contribution < 1.29 is 0 Å². The average molecular weight is 172 g/mol. The number of allylic oxidation sites excluding steroid dienone is 4. The van der Waals surface area contributed by atoms with Crippen LogP contribution in [0.25, 0.3) is 5.57 Å². The van der Waals surface area contributed by atoms with Gasteiger partial charge in [-0.1, -0.05) is 30.4 Å². The monoisotopic (exact) mass is 172 g/mol. The fourth-order valence-electron chi connectivity index (χ4n) is 1.49. The van der Waals surface area contributed by atoms with Crippen LogP contribution >= 0.6 is 0 Å². The van der Waals surface area contributed by atoms with Gasteiger partial charge in [-0.2, -0.15) is 0 Å². The minimum Gasteiger partial charge on any atom is -0.397 e. The second-order valence-electron chi connectivity index (χ2n) is 3.11. The molecule has 2 rings (SSSR count). The van der Waals surface area contributed by atoms with Gasteiger partial charge in [0.25, 0.3) is 0 Å². The maximum Gasteiger partial charge on any atom is 0.0627 e. The number of para-hydroxylation sites is 1. The highest BCUT2D eigenvalue weighted by molar-refractivity contribution is 5.87. The van der Waals surface area contributed by atoms with E-state index in [2.05, 4.69) is 18.2 Å². The SMILES string of the molecule is Nc1cccc(C2=CCC=C2)c1N. The summed E-state index contributed by atoms with van der Waals surface area (Å²) in [5.41, 5.74) is 15.1. The highest BCUT2D eigenvalue weighted by Gasteiger charge is 2.06. The second-order valence-corrected chi connectivity index (χ2v) is 3.11. The molecule has 0 aliphatic heterocycles. The van der Waals surface area contributed by atoms with Crippen LogP contribution in [0.3, 0.4) is 0 Å². The summed E-state index contributed by atoms with van der Waals surface area (Å²) in [5, 5.41) is 0. The van der Waals surface area contributed by atoms with Gasteiger partial charge in [0.1, 0.15) is 0 Å². The highest BCUT2D eigenvalue weighted by Crippen LogP contribution is 2.29. The number of hydrogen-bond acceptors (Lipinski definition) is 2. The third kappa shape index (κ3) is 1.31. The smallest absolute Gasteiger partial charge is 0.0627 e. The van der Waals surface area contributed by atoms with E-state index in [0.717, 1.165) is 12.0 Å². The predicted octanol–water partition coefficient (Wildman–Crippen LogP) is 2.19. The van der Waals surface area contributed by atoms with Gasteiger partial charge in [0.05, 0.1) is 11.4 Å². The second kappa shape index (κ2) is 2.98. The minimum atomic E-state index is 0.652. The van der Waals surface area contributed by atoms with Crippen molar-refractivity contribution >= 4 is 16.9 Å². The van der Waals surface area contributed by atoms with Gasteiger partial charge in [-0.3, -0.25) is 0 Å². The van der Waals surface area contributed by atoms with Gasteiger partial charge in [-0.05, 0) is 18.1 Å². The molecule has 1 aromatic rings. The van der Waals surface area contributed by atoms with Crippen molar-refractivity contribution in [3.8, 4) is 0 Å². The summed E-state index contributed by atoms with van der Waals surface area (Å²) in [6.07, 6.45) is 7.32. The molecule has 0 radical (unpaired) electrons. The van der Waals surface area contributed by atoms with Gasteiger partial charge in [0.2, 0.25) is 0 Å². The molecule has 66 valence electrons. The molecule has 0 saturated carbocycles. The summed E-state index contributed by atoms with van der Waals surface area (Å²) < 4.78 is 0. The zero-order valence-corrected chi connectivity index (χ0v) is 7.33. The third-order valence-electron chi connectivity index (χ3n) is 2.22. The summed E-state index contributed by atoms with van der Waals surface area (Å²) in [6, 6.07) is 5.74. The first-order chi connectivity index (χ1) is 6.29. The maximum atomic E-state index is 5.86. The summed E-state index contributed by atoms with van der Waals surface area (Å²) in [7, 11) is 0. The molecular weight excluding hydrogens is 160 g/mol. The molecule has 1 aliphatic rings. The lowest BCUT2D eigenvalue weighted by atomic mass is 10.0. The molecule has 2 heteroatoms. The van der Waals surface area contributed by atoms with E-state index in [1.54, 1.807) is 0 Å². The normalized spacial score (nSPS) is 14.6. The summed E-state index contributed by atoms with van der Waals surface area (Å²) in [4.78, 5) is 0. The topological polar surface area (TPSA) is 52.0 Å². The summed E-state index contributed by atoms with van der Waals surface area (Å²) >= 11 is 0. The van der Waals surface area contributed by atoms with Gasteiger partial charge in [0, 0.05) is 5.56 Å². The van der Waals surface area contributed by atoms with Gasteiger partial charge >= 0.3 is 0 Å². The van der Waals surface area contributed by atoms with Crippen LogP contribution in [0.2, 0.25) is 0 Å². The van der Waals surface area contributed by atoms with Crippen LogP contribution in [-0.2, 0) is 0 Å². The van der Waals surface area contributed by atoms with Gasteiger partial charge < -0.3 is 11.5 Å². The van der Waals surface area contributed by atoms with E-state index >= 15 is 0 Å². The minimum absolute atomic E-state index is 0.652. The molecule has 0 fully saturated rings. The van der Waals surface area contributed by atoms with Gasteiger partial charge in [-0.25, -0.2) is 0 Å². The molecule has 0 saturated heterocycles. The Labute approximate surface area is 77.6 Å². The zero-order chi connectivity index (χ0) is 9.26. The molecule has 0 unspecified atom stereocenters. The molecule has 2 nitrogen and oxygen atoms in total. The number of nitrogen functional groups attached to an aromatic ring is 2. The molecule has 1 aliphatic carbocycles. The quantitative estimate of drug-likeness (QED) is 0.638. The molecule has 1 aromatic carbocycles. The van der Waals surface area contributed by atoms with Crippen LogP contribution in [0.5, 0.6) is 0 Å². The number of hydrogen-bond donors (Lipinski definition) is 2. The van der Waals surface area contributed by atoms with Crippen molar-refractivity contribution in [2.24, 2.45) is 0 Å². The lowest BCUT2D eigenvalue weighted by Crippen LogP contribution is -1.98. The molecule has 0 aromatic heterocycles. The van der Waals surface area contributed by atoms with Crippen molar-refractivity contribution in [3.63, 3.8) is 0 Å². The molecule has 4 N–H and O–H groups in total. The fourth-order valence-corrected chi connectivity index (χ4v) is 1.49. The summed E-state index contributed by atoms with van der Waals surface area (Å²) in [6.45, 7) is 0. The maximum absolute atomic E-state index is 5.86. The Morgan fingerprint density at radius 3 is 2.69 bits per heavy atom. The van der Waals surface area contributed by atoms with Crippen LogP contribution in [0.15, 0.2) is 36.4 Å². The molecule has 0 atom stereocenters. The lowest BCUT2D eigenvalue weighted by molar-refractivity contribution is 1.45. The Kier molecular flexibility index (Phi) is 1.81. The number of benzene rings is 1. The van der Waals surface area contributed by atoms with E-state index in [0.29, 0.717) is 11.4 Å².